The minimum absolute atomic E-state index is 0.562. The van der Waals surface area contributed by atoms with E-state index < -0.39 is 0 Å². The van der Waals surface area contributed by atoms with E-state index in [9.17, 15) is 0 Å². The van der Waals surface area contributed by atoms with Crippen LogP contribution in [-0.2, 0) is 6.54 Å². The molecule has 0 bridgehead atoms. The molecule has 2 heterocycles. The largest absolute Gasteiger partial charge is 0.294 e. The Kier molecular flexibility index (Phi) is 6.10. The number of nitrogens with zero attached hydrogens (tertiary/aromatic N) is 3. The molecule has 5 heteroatoms. The van der Waals surface area contributed by atoms with Crippen LogP contribution in [0.5, 0.6) is 0 Å². The molecule has 19 heavy (non-hydrogen) atoms. The highest BCUT2D eigenvalue weighted by atomic mass is 32.2. The highest BCUT2D eigenvalue weighted by Gasteiger charge is 2.25. The second-order valence-corrected chi connectivity index (χ2v) is 8.01. The highest BCUT2D eigenvalue weighted by molar-refractivity contribution is 7.99. The molecule has 0 saturated carbocycles. The fourth-order valence-corrected chi connectivity index (χ4v) is 4.31. The first kappa shape index (κ1) is 15.3. The predicted molar refractivity (Wildman–Crippen MR) is 87.1 cm³/mol. The zero-order valence-corrected chi connectivity index (χ0v) is 13.8. The third-order valence-electron chi connectivity index (χ3n) is 3.43. The van der Waals surface area contributed by atoms with Crippen molar-refractivity contribution in [2.45, 2.75) is 38.6 Å². The van der Waals surface area contributed by atoms with E-state index in [1.807, 2.05) is 4.68 Å². The Bertz CT molecular complexity index is 379. The fraction of sp³-hybridized carbons (Fsp3) is 0.786. The van der Waals surface area contributed by atoms with E-state index in [1.165, 1.54) is 35.9 Å². The van der Waals surface area contributed by atoms with Gasteiger partial charge in [-0.15, -0.1) is 0 Å². The van der Waals surface area contributed by atoms with Gasteiger partial charge in [0.25, 0.3) is 0 Å². The van der Waals surface area contributed by atoms with Crippen LogP contribution >= 0.6 is 23.5 Å². The summed E-state index contributed by atoms with van der Waals surface area (Å²) >= 11 is 4.14. The summed E-state index contributed by atoms with van der Waals surface area (Å²) in [5.41, 5.74) is 1.39. The number of hydrogen-bond acceptors (Lipinski definition) is 4. The van der Waals surface area contributed by atoms with Crippen molar-refractivity contribution in [3.63, 3.8) is 0 Å². The maximum Gasteiger partial charge on any atom is 0.0538 e. The van der Waals surface area contributed by atoms with Gasteiger partial charge in [0.1, 0.15) is 0 Å². The van der Waals surface area contributed by atoms with Crippen LogP contribution in [0.1, 0.15) is 32.4 Å². The summed E-state index contributed by atoms with van der Waals surface area (Å²) in [6.07, 6.45) is 4.28. The summed E-state index contributed by atoms with van der Waals surface area (Å²) in [6, 6.07) is 0.562. The summed E-state index contributed by atoms with van der Waals surface area (Å²) < 4.78 is 2.04. The Balaban J connectivity index is 1.95. The molecule has 0 amide bonds. The molecular weight excluding hydrogens is 274 g/mol. The van der Waals surface area contributed by atoms with E-state index in [1.54, 1.807) is 0 Å². The number of rotatable bonds is 6. The summed E-state index contributed by atoms with van der Waals surface area (Å²) in [4.78, 5) is 2.64. The van der Waals surface area contributed by atoms with Gasteiger partial charge in [-0.05, 0) is 12.2 Å². The fourth-order valence-electron chi connectivity index (χ4n) is 2.34. The molecule has 1 saturated heterocycles. The molecule has 0 spiro atoms. The van der Waals surface area contributed by atoms with Crippen molar-refractivity contribution in [2.75, 3.05) is 30.3 Å². The van der Waals surface area contributed by atoms with E-state index in [0.29, 0.717) is 6.04 Å². The van der Waals surface area contributed by atoms with Crippen LogP contribution in [0.4, 0.5) is 0 Å². The normalized spacial score (nSPS) is 21.2. The minimum atomic E-state index is 0.562. The summed E-state index contributed by atoms with van der Waals surface area (Å²) in [5, 5.41) is 5.16. The van der Waals surface area contributed by atoms with Gasteiger partial charge >= 0.3 is 0 Å². The third-order valence-corrected chi connectivity index (χ3v) is 5.54. The van der Waals surface area contributed by atoms with E-state index in [-0.39, 0.29) is 0 Å². The van der Waals surface area contributed by atoms with Crippen molar-refractivity contribution in [1.82, 2.24) is 14.7 Å². The van der Waals surface area contributed by atoms with Crippen molar-refractivity contribution in [1.29, 1.82) is 0 Å². The lowest BCUT2D eigenvalue weighted by Gasteiger charge is -2.34. The first-order valence-corrected chi connectivity index (χ1v) is 9.36. The Hall–Kier alpha value is -0.130. The molecule has 1 atom stereocenters. The van der Waals surface area contributed by atoms with Gasteiger partial charge in [-0.1, -0.05) is 13.8 Å². The summed E-state index contributed by atoms with van der Waals surface area (Å²) in [5.74, 6) is 3.72. The van der Waals surface area contributed by atoms with Crippen molar-refractivity contribution in [3.05, 3.63) is 18.0 Å². The van der Waals surface area contributed by atoms with Gasteiger partial charge in [-0.3, -0.25) is 9.58 Å². The lowest BCUT2D eigenvalue weighted by molar-refractivity contribution is 0.235. The smallest absolute Gasteiger partial charge is 0.0538 e. The zero-order valence-electron chi connectivity index (χ0n) is 12.2. The molecule has 0 unspecified atom stereocenters. The Morgan fingerprint density at radius 2 is 2.37 bits per heavy atom. The topological polar surface area (TPSA) is 21.1 Å². The molecule has 1 fully saturated rings. The lowest BCUT2D eigenvalue weighted by Crippen LogP contribution is -2.37. The van der Waals surface area contributed by atoms with Crippen LogP contribution in [0, 0.1) is 0 Å². The van der Waals surface area contributed by atoms with Crippen LogP contribution in [0.3, 0.4) is 0 Å². The quantitative estimate of drug-likeness (QED) is 0.804. The molecule has 2 rings (SSSR count). The zero-order chi connectivity index (χ0) is 13.7. The standard InChI is InChI=1S/C14H25N3S2/c1-4-17-10-13(9-15-17)14-11-18-7-5-16(14)6-8-19-12(2)3/h9-10,12,14H,4-8,11H2,1-3H3/t14-/m0/s1. The molecule has 1 aromatic heterocycles. The molecule has 108 valence electrons. The van der Waals surface area contributed by atoms with Gasteiger partial charge in [-0.25, -0.2) is 0 Å². The molecule has 0 aliphatic carbocycles. The number of hydrogen-bond donors (Lipinski definition) is 0. The van der Waals surface area contributed by atoms with Gasteiger partial charge in [0.2, 0.25) is 0 Å². The third kappa shape index (κ3) is 4.43. The van der Waals surface area contributed by atoms with Gasteiger partial charge in [0.05, 0.1) is 6.20 Å². The molecule has 1 aliphatic heterocycles. The monoisotopic (exact) mass is 299 g/mol. The van der Waals surface area contributed by atoms with Crippen LogP contribution in [-0.4, -0.2) is 50.3 Å². The van der Waals surface area contributed by atoms with Gasteiger partial charge in [0, 0.05) is 54.7 Å². The van der Waals surface area contributed by atoms with Crippen molar-refractivity contribution in [2.24, 2.45) is 0 Å². The van der Waals surface area contributed by atoms with Gasteiger partial charge in [0.15, 0.2) is 0 Å². The maximum atomic E-state index is 4.43. The maximum absolute atomic E-state index is 4.43. The van der Waals surface area contributed by atoms with E-state index in [4.69, 9.17) is 0 Å². The number of thioether (sulfide) groups is 2. The van der Waals surface area contributed by atoms with E-state index in [0.717, 1.165) is 11.8 Å². The van der Waals surface area contributed by atoms with Gasteiger partial charge in [-0.2, -0.15) is 28.6 Å². The van der Waals surface area contributed by atoms with Crippen LogP contribution in [0.15, 0.2) is 12.4 Å². The van der Waals surface area contributed by atoms with Crippen molar-refractivity contribution >= 4 is 23.5 Å². The number of aromatic nitrogens is 2. The molecule has 0 aromatic carbocycles. The van der Waals surface area contributed by atoms with E-state index >= 15 is 0 Å². The molecule has 0 radical (unpaired) electrons. The highest BCUT2D eigenvalue weighted by Crippen LogP contribution is 2.29. The Labute approximate surface area is 125 Å². The van der Waals surface area contributed by atoms with Crippen LogP contribution in [0.25, 0.3) is 0 Å². The van der Waals surface area contributed by atoms with Crippen LogP contribution in [0.2, 0.25) is 0 Å². The summed E-state index contributed by atoms with van der Waals surface area (Å²) in [7, 11) is 0. The molecule has 3 nitrogen and oxygen atoms in total. The van der Waals surface area contributed by atoms with Crippen molar-refractivity contribution in [3.8, 4) is 0 Å². The van der Waals surface area contributed by atoms with Crippen LogP contribution < -0.4 is 0 Å². The molecule has 0 N–H and O–H groups in total. The van der Waals surface area contributed by atoms with E-state index in [2.05, 4.69) is 66.7 Å². The predicted octanol–water partition coefficient (Wildman–Crippen LogP) is 3.13. The SMILES string of the molecule is CCn1cc([C@@H]2CSCCN2CCSC(C)C)cn1. The lowest BCUT2D eigenvalue weighted by atomic mass is 10.1. The van der Waals surface area contributed by atoms with Gasteiger partial charge < -0.3 is 0 Å². The second kappa shape index (κ2) is 7.60. The molecule has 1 aliphatic rings. The average molecular weight is 300 g/mol. The summed E-state index contributed by atoms with van der Waals surface area (Å²) in [6.45, 7) is 10.1. The second-order valence-electron chi connectivity index (χ2n) is 5.18. The molecular formula is C14H25N3S2. The first-order chi connectivity index (χ1) is 9.20. The molecule has 1 aromatic rings. The average Bonchev–Trinajstić information content (AvgIpc) is 2.87. The van der Waals surface area contributed by atoms with Crippen molar-refractivity contribution < 1.29 is 0 Å². The first-order valence-electron chi connectivity index (χ1n) is 7.16. The Morgan fingerprint density at radius 1 is 1.53 bits per heavy atom. The minimum Gasteiger partial charge on any atom is -0.294 e. The number of aryl methyl sites for hydroxylation is 1. The Morgan fingerprint density at radius 3 is 3.05 bits per heavy atom.